The fraction of sp³-hybridized carbons (Fsp3) is 0.394. The maximum atomic E-state index is 11.7. The van der Waals surface area contributed by atoms with Gasteiger partial charge >= 0.3 is 5.97 Å². The molecule has 2 aliphatic rings. The smallest absolute Gasteiger partial charge is 0.347 e. The molecule has 0 aliphatic carbocycles. The Hall–Kier alpha value is -3.39. The SMILES string of the molecule is CC(C)(Oc1ccc2c(c1)/C(=C/CCN1CCC(O)(c3ccc(Cl)cc3)C(C)(C)C1)c1cccnc1CO2)C(=O)O. The number of hydrogen-bond acceptors (Lipinski definition) is 6. The van der Waals surface area contributed by atoms with E-state index in [1.807, 2.05) is 48.5 Å². The number of piperidine rings is 1. The van der Waals surface area contributed by atoms with Crippen LogP contribution in [0.3, 0.4) is 0 Å². The number of nitrogens with zero attached hydrogens (tertiary/aromatic N) is 2. The van der Waals surface area contributed by atoms with Crippen molar-refractivity contribution in [1.29, 1.82) is 0 Å². The lowest BCUT2D eigenvalue weighted by Gasteiger charge is -2.50. The molecule has 1 fully saturated rings. The number of aromatic nitrogens is 1. The van der Waals surface area contributed by atoms with Crippen molar-refractivity contribution in [3.05, 3.63) is 94.3 Å². The summed E-state index contributed by atoms with van der Waals surface area (Å²) >= 11 is 6.10. The first kappa shape index (κ1) is 29.1. The number of fused-ring (bicyclic) bond motifs is 2. The molecular weight excluding hydrogens is 540 g/mol. The van der Waals surface area contributed by atoms with Gasteiger partial charge in [0.2, 0.25) is 0 Å². The van der Waals surface area contributed by atoms with E-state index in [1.54, 1.807) is 12.3 Å². The van der Waals surface area contributed by atoms with Crippen molar-refractivity contribution >= 4 is 23.1 Å². The predicted molar refractivity (Wildman–Crippen MR) is 159 cm³/mol. The largest absolute Gasteiger partial charge is 0.487 e. The van der Waals surface area contributed by atoms with Gasteiger partial charge in [-0.3, -0.25) is 4.98 Å². The van der Waals surface area contributed by atoms with E-state index in [9.17, 15) is 15.0 Å². The Morgan fingerprint density at radius 2 is 1.93 bits per heavy atom. The maximum Gasteiger partial charge on any atom is 0.347 e. The zero-order valence-electron chi connectivity index (χ0n) is 24.0. The van der Waals surface area contributed by atoms with Crippen molar-refractivity contribution in [2.45, 2.75) is 58.3 Å². The molecule has 0 amide bonds. The van der Waals surface area contributed by atoms with Crippen molar-refractivity contribution in [1.82, 2.24) is 9.88 Å². The number of carboxylic acid groups (broad SMARTS) is 1. The molecule has 8 heteroatoms. The lowest BCUT2D eigenvalue weighted by molar-refractivity contribution is -0.152. The van der Waals surface area contributed by atoms with Gasteiger partial charge in [-0.2, -0.15) is 0 Å². The van der Waals surface area contributed by atoms with Crippen molar-refractivity contribution in [2.24, 2.45) is 5.41 Å². The molecule has 0 saturated carbocycles. The van der Waals surface area contributed by atoms with Crippen LogP contribution in [0.5, 0.6) is 11.5 Å². The van der Waals surface area contributed by atoms with Crippen molar-refractivity contribution in [3.8, 4) is 11.5 Å². The van der Waals surface area contributed by atoms with Gasteiger partial charge in [0.25, 0.3) is 0 Å². The molecule has 0 radical (unpaired) electrons. The van der Waals surface area contributed by atoms with E-state index < -0.39 is 17.2 Å². The summed E-state index contributed by atoms with van der Waals surface area (Å²) in [6.45, 7) is 9.97. The molecule has 0 bridgehead atoms. The molecule has 1 aromatic heterocycles. The highest BCUT2D eigenvalue weighted by molar-refractivity contribution is 6.30. The standard InChI is InChI=1S/C33H37ClN2O5/c1-31(2)21-36(18-15-33(31,39)22-9-11-23(34)12-10-22)17-6-8-25-26-7-5-16-35-28(26)20-40-29-14-13-24(19-27(25)29)41-32(3,4)30(37)38/h5,7-14,16,19,39H,6,15,17-18,20-21H2,1-4H3,(H,37,38)/b25-8+. The fourth-order valence-corrected chi connectivity index (χ4v) is 5.95. The number of aliphatic hydroxyl groups is 1. The number of carboxylic acids is 1. The molecule has 2 aliphatic heterocycles. The molecule has 3 aromatic rings. The lowest BCUT2D eigenvalue weighted by atomic mass is 9.66. The Kier molecular flexibility index (Phi) is 7.90. The first-order chi connectivity index (χ1) is 19.4. The Morgan fingerprint density at radius 1 is 1.17 bits per heavy atom. The van der Waals surface area contributed by atoms with Crippen LogP contribution in [0.25, 0.3) is 5.57 Å². The zero-order chi connectivity index (χ0) is 29.4. The summed E-state index contributed by atoms with van der Waals surface area (Å²) in [5, 5.41) is 22.0. The van der Waals surface area contributed by atoms with Crippen LogP contribution in [0.15, 0.2) is 66.9 Å². The number of benzene rings is 2. The molecule has 1 saturated heterocycles. The van der Waals surface area contributed by atoms with Crippen LogP contribution >= 0.6 is 11.6 Å². The monoisotopic (exact) mass is 576 g/mol. The second kappa shape index (κ2) is 11.1. The number of ether oxygens (including phenoxy) is 2. The van der Waals surface area contributed by atoms with Crippen LogP contribution in [0.1, 0.15) is 62.9 Å². The van der Waals surface area contributed by atoms with E-state index in [2.05, 4.69) is 29.8 Å². The third-order valence-corrected chi connectivity index (χ3v) is 8.57. The fourth-order valence-electron chi connectivity index (χ4n) is 5.83. The van der Waals surface area contributed by atoms with Crippen LogP contribution in [0.4, 0.5) is 0 Å². The summed E-state index contributed by atoms with van der Waals surface area (Å²) in [6, 6.07) is 16.9. The summed E-state index contributed by atoms with van der Waals surface area (Å²) < 4.78 is 12.0. The van der Waals surface area contributed by atoms with E-state index in [0.717, 1.165) is 54.0 Å². The normalized spacial score (nSPS) is 21.4. The molecular formula is C33H37ClN2O5. The second-order valence-corrected chi connectivity index (χ2v) is 12.5. The van der Waals surface area contributed by atoms with Gasteiger partial charge in [0, 0.05) is 47.4 Å². The summed E-state index contributed by atoms with van der Waals surface area (Å²) in [7, 11) is 0. The highest BCUT2D eigenvalue weighted by Crippen LogP contribution is 2.46. The van der Waals surface area contributed by atoms with E-state index in [-0.39, 0.29) is 5.41 Å². The number of aliphatic carboxylic acids is 1. The van der Waals surface area contributed by atoms with Crippen molar-refractivity contribution in [2.75, 3.05) is 19.6 Å². The van der Waals surface area contributed by atoms with Crippen LogP contribution < -0.4 is 9.47 Å². The van der Waals surface area contributed by atoms with Gasteiger partial charge in [-0.1, -0.05) is 49.7 Å². The molecule has 7 nitrogen and oxygen atoms in total. The maximum absolute atomic E-state index is 11.7. The Balaban J connectivity index is 1.39. The highest BCUT2D eigenvalue weighted by atomic mass is 35.5. The lowest BCUT2D eigenvalue weighted by Crippen LogP contribution is -2.55. The molecule has 2 N–H and O–H groups in total. The minimum Gasteiger partial charge on any atom is -0.487 e. The number of rotatable bonds is 7. The predicted octanol–water partition coefficient (Wildman–Crippen LogP) is 6.31. The van der Waals surface area contributed by atoms with Crippen molar-refractivity contribution < 1.29 is 24.5 Å². The highest BCUT2D eigenvalue weighted by Gasteiger charge is 2.48. The number of halogens is 1. The summed E-state index contributed by atoms with van der Waals surface area (Å²) in [6.07, 6.45) is 5.36. The average Bonchev–Trinajstić information content (AvgIpc) is 3.07. The molecule has 41 heavy (non-hydrogen) atoms. The van der Waals surface area contributed by atoms with Gasteiger partial charge in [-0.15, -0.1) is 0 Å². The Labute approximate surface area is 246 Å². The molecule has 216 valence electrons. The molecule has 0 spiro atoms. The quantitative estimate of drug-likeness (QED) is 0.340. The van der Waals surface area contributed by atoms with Crippen LogP contribution in [-0.2, 0) is 17.0 Å². The first-order valence-electron chi connectivity index (χ1n) is 13.9. The van der Waals surface area contributed by atoms with Gasteiger partial charge in [0.1, 0.15) is 18.1 Å². The summed E-state index contributed by atoms with van der Waals surface area (Å²) in [5.41, 5.74) is 1.87. The summed E-state index contributed by atoms with van der Waals surface area (Å²) in [4.78, 5) is 18.6. The minimum atomic E-state index is -1.38. The van der Waals surface area contributed by atoms with Crippen LogP contribution in [0, 0.1) is 5.41 Å². The molecule has 3 heterocycles. The first-order valence-corrected chi connectivity index (χ1v) is 14.3. The van der Waals surface area contributed by atoms with E-state index in [0.29, 0.717) is 29.5 Å². The van der Waals surface area contributed by atoms with E-state index >= 15 is 0 Å². The number of likely N-dealkylation sites (tertiary alicyclic amines) is 1. The van der Waals surface area contributed by atoms with Gasteiger partial charge in [0.05, 0.1) is 11.3 Å². The summed E-state index contributed by atoms with van der Waals surface area (Å²) in [5.74, 6) is 0.112. The second-order valence-electron chi connectivity index (χ2n) is 12.0. The molecule has 5 rings (SSSR count). The average molecular weight is 577 g/mol. The van der Waals surface area contributed by atoms with E-state index in [1.165, 1.54) is 13.8 Å². The van der Waals surface area contributed by atoms with Gasteiger partial charge in [-0.25, -0.2) is 4.79 Å². The van der Waals surface area contributed by atoms with E-state index in [4.69, 9.17) is 21.1 Å². The van der Waals surface area contributed by atoms with Gasteiger partial charge < -0.3 is 24.6 Å². The third kappa shape index (κ3) is 5.85. The third-order valence-electron chi connectivity index (χ3n) is 8.32. The number of carbonyl (C=O) groups is 1. The topological polar surface area (TPSA) is 92.1 Å². The zero-order valence-corrected chi connectivity index (χ0v) is 24.7. The van der Waals surface area contributed by atoms with Gasteiger partial charge in [0.15, 0.2) is 5.60 Å². The van der Waals surface area contributed by atoms with Gasteiger partial charge in [-0.05, 0) is 74.2 Å². The van der Waals surface area contributed by atoms with Crippen molar-refractivity contribution in [3.63, 3.8) is 0 Å². The Morgan fingerprint density at radius 3 is 2.63 bits per heavy atom. The Bertz CT molecular complexity index is 1470. The molecule has 1 atom stereocenters. The number of hydrogen-bond donors (Lipinski definition) is 2. The van der Waals surface area contributed by atoms with Crippen LogP contribution in [0.2, 0.25) is 5.02 Å². The minimum absolute atomic E-state index is 0.338. The number of pyridine rings is 1. The molecule has 2 aromatic carbocycles. The van der Waals surface area contributed by atoms with Crippen LogP contribution in [-0.4, -0.2) is 51.3 Å². The molecule has 1 unspecified atom stereocenters.